The average molecular weight is 211 g/mol. The molecule has 0 aromatic rings. The van der Waals surface area contributed by atoms with Crippen molar-refractivity contribution < 1.29 is 5.11 Å². The highest BCUT2D eigenvalue weighted by molar-refractivity contribution is 4.95. The second-order valence-corrected chi connectivity index (χ2v) is 5.64. The summed E-state index contributed by atoms with van der Waals surface area (Å²) in [5.41, 5.74) is 0.485. The molecule has 0 saturated heterocycles. The van der Waals surface area contributed by atoms with Crippen molar-refractivity contribution in [3.05, 3.63) is 0 Å². The molecule has 88 valence electrons. The van der Waals surface area contributed by atoms with Crippen LogP contribution in [0.5, 0.6) is 0 Å². The van der Waals surface area contributed by atoms with E-state index in [9.17, 15) is 0 Å². The van der Waals surface area contributed by atoms with Crippen LogP contribution >= 0.6 is 0 Å². The first-order valence-corrected chi connectivity index (χ1v) is 6.62. The number of aliphatic hydroxyl groups is 1. The van der Waals surface area contributed by atoms with Gasteiger partial charge in [-0.15, -0.1) is 0 Å². The smallest absolute Gasteiger partial charge is 0.0436 e. The van der Waals surface area contributed by atoms with Crippen molar-refractivity contribution in [1.29, 1.82) is 0 Å². The second kappa shape index (κ2) is 4.84. The standard InChI is InChI=1S/C13H25NO/c1-2-11-3-4-12(9-11)14-10-13(5-6-13)7-8-15/h11-12,14-15H,2-10H2,1H3. The van der Waals surface area contributed by atoms with Gasteiger partial charge in [0, 0.05) is 19.2 Å². The molecule has 0 bridgehead atoms. The molecule has 15 heavy (non-hydrogen) atoms. The van der Waals surface area contributed by atoms with E-state index in [0.717, 1.165) is 24.9 Å². The van der Waals surface area contributed by atoms with Crippen LogP contribution in [0.3, 0.4) is 0 Å². The lowest BCUT2D eigenvalue weighted by molar-refractivity contribution is 0.242. The third-order valence-electron chi connectivity index (χ3n) is 4.48. The predicted molar refractivity (Wildman–Crippen MR) is 62.8 cm³/mol. The van der Waals surface area contributed by atoms with E-state index in [-0.39, 0.29) is 0 Å². The Morgan fingerprint density at radius 1 is 1.33 bits per heavy atom. The van der Waals surface area contributed by atoms with Crippen LogP contribution in [0.4, 0.5) is 0 Å². The van der Waals surface area contributed by atoms with Gasteiger partial charge < -0.3 is 10.4 Å². The van der Waals surface area contributed by atoms with E-state index >= 15 is 0 Å². The Morgan fingerprint density at radius 3 is 2.67 bits per heavy atom. The fourth-order valence-corrected chi connectivity index (χ4v) is 2.92. The summed E-state index contributed by atoms with van der Waals surface area (Å²) in [6.45, 7) is 3.82. The minimum Gasteiger partial charge on any atom is -0.396 e. The maximum atomic E-state index is 8.99. The highest BCUT2D eigenvalue weighted by atomic mass is 16.3. The van der Waals surface area contributed by atoms with Crippen molar-refractivity contribution in [2.75, 3.05) is 13.2 Å². The zero-order chi connectivity index (χ0) is 10.7. The Bertz CT molecular complexity index is 201. The summed E-state index contributed by atoms with van der Waals surface area (Å²) in [6, 6.07) is 0.770. The van der Waals surface area contributed by atoms with Gasteiger partial charge >= 0.3 is 0 Å². The van der Waals surface area contributed by atoms with Crippen molar-refractivity contribution >= 4 is 0 Å². The monoisotopic (exact) mass is 211 g/mol. The average Bonchev–Trinajstić information content (AvgIpc) is 2.86. The summed E-state index contributed by atoms with van der Waals surface area (Å²) in [5.74, 6) is 0.968. The first-order chi connectivity index (χ1) is 7.28. The molecule has 0 spiro atoms. The van der Waals surface area contributed by atoms with Gasteiger partial charge in [-0.25, -0.2) is 0 Å². The number of hydrogen-bond donors (Lipinski definition) is 2. The zero-order valence-electron chi connectivity index (χ0n) is 9.97. The van der Waals surface area contributed by atoms with Gasteiger partial charge in [-0.2, -0.15) is 0 Å². The van der Waals surface area contributed by atoms with E-state index in [1.165, 1.54) is 38.5 Å². The van der Waals surface area contributed by atoms with Crippen molar-refractivity contribution in [2.24, 2.45) is 11.3 Å². The molecule has 0 aliphatic heterocycles. The highest BCUT2D eigenvalue weighted by Gasteiger charge is 2.42. The Morgan fingerprint density at radius 2 is 2.13 bits per heavy atom. The lowest BCUT2D eigenvalue weighted by atomic mass is 10.0. The Hall–Kier alpha value is -0.0800. The zero-order valence-corrected chi connectivity index (χ0v) is 9.97. The third-order valence-corrected chi connectivity index (χ3v) is 4.48. The number of aliphatic hydroxyl groups excluding tert-OH is 1. The van der Waals surface area contributed by atoms with Gasteiger partial charge in [0.15, 0.2) is 0 Å². The van der Waals surface area contributed by atoms with E-state index in [1.807, 2.05) is 0 Å². The lowest BCUT2D eigenvalue weighted by Gasteiger charge is -2.19. The first-order valence-electron chi connectivity index (χ1n) is 6.62. The van der Waals surface area contributed by atoms with Crippen molar-refractivity contribution in [1.82, 2.24) is 5.32 Å². The molecule has 0 amide bonds. The fourth-order valence-electron chi connectivity index (χ4n) is 2.92. The van der Waals surface area contributed by atoms with Gasteiger partial charge in [0.25, 0.3) is 0 Å². The first kappa shape index (κ1) is 11.4. The minimum absolute atomic E-state index is 0.365. The van der Waals surface area contributed by atoms with Crippen LogP contribution in [0.25, 0.3) is 0 Å². The van der Waals surface area contributed by atoms with Gasteiger partial charge in [0.05, 0.1) is 0 Å². The van der Waals surface area contributed by atoms with Gasteiger partial charge in [0.1, 0.15) is 0 Å². The van der Waals surface area contributed by atoms with Crippen LogP contribution in [0.2, 0.25) is 0 Å². The predicted octanol–water partition coefficient (Wildman–Crippen LogP) is 2.32. The van der Waals surface area contributed by atoms with Crippen LogP contribution in [-0.2, 0) is 0 Å². The maximum absolute atomic E-state index is 8.99. The molecule has 2 atom stereocenters. The van der Waals surface area contributed by atoms with E-state index < -0.39 is 0 Å². The van der Waals surface area contributed by atoms with Crippen LogP contribution in [0.1, 0.15) is 51.9 Å². The molecule has 2 aliphatic rings. The van der Waals surface area contributed by atoms with Crippen molar-refractivity contribution in [3.63, 3.8) is 0 Å². The number of hydrogen-bond acceptors (Lipinski definition) is 2. The van der Waals surface area contributed by atoms with Crippen LogP contribution in [-0.4, -0.2) is 24.3 Å². The molecule has 0 aromatic heterocycles. The summed E-state index contributed by atoms with van der Waals surface area (Å²) in [4.78, 5) is 0. The van der Waals surface area contributed by atoms with Gasteiger partial charge in [-0.3, -0.25) is 0 Å². The number of nitrogens with one attached hydrogen (secondary N) is 1. The summed E-state index contributed by atoms with van der Waals surface area (Å²) < 4.78 is 0. The SMILES string of the molecule is CCC1CCC(NCC2(CCO)CC2)C1. The lowest BCUT2D eigenvalue weighted by Crippen LogP contribution is -2.32. The molecule has 2 N–H and O–H groups in total. The molecule has 2 fully saturated rings. The van der Waals surface area contributed by atoms with Gasteiger partial charge in [-0.1, -0.05) is 13.3 Å². The topological polar surface area (TPSA) is 32.3 Å². The molecule has 2 saturated carbocycles. The van der Waals surface area contributed by atoms with Crippen molar-refractivity contribution in [2.45, 2.75) is 57.9 Å². The van der Waals surface area contributed by atoms with Crippen molar-refractivity contribution in [3.8, 4) is 0 Å². The van der Waals surface area contributed by atoms with Crippen LogP contribution < -0.4 is 5.32 Å². The highest BCUT2D eigenvalue weighted by Crippen LogP contribution is 2.48. The molecule has 0 heterocycles. The van der Waals surface area contributed by atoms with Crippen LogP contribution in [0, 0.1) is 11.3 Å². The van der Waals surface area contributed by atoms with Gasteiger partial charge in [0.2, 0.25) is 0 Å². The Balaban J connectivity index is 1.66. The molecule has 2 nitrogen and oxygen atoms in total. The normalized spacial score (nSPS) is 33.2. The fraction of sp³-hybridized carbons (Fsp3) is 1.00. The molecular formula is C13H25NO. The van der Waals surface area contributed by atoms with E-state index in [4.69, 9.17) is 5.11 Å². The maximum Gasteiger partial charge on any atom is 0.0436 e. The Labute approximate surface area is 93.5 Å². The molecule has 2 heteroatoms. The Kier molecular flexibility index (Phi) is 3.68. The molecular weight excluding hydrogens is 186 g/mol. The largest absolute Gasteiger partial charge is 0.396 e. The van der Waals surface area contributed by atoms with E-state index in [2.05, 4.69) is 12.2 Å². The summed E-state index contributed by atoms with van der Waals surface area (Å²) in [6.07, 6.45) is 9.17. The molecule has 0 aromatic carbocycles. The van der Waals surface area contributed by atoms with E-state index in [1.54, 1.807) is 0 Å². The summed E-state index contributed by atoms with van der Waals surface area (Å²) in [7, 11) is 0. The third kappa shape index (κ3) is 2.94. The molecule has 2 aliphatic carbocycles. The van der Waals surface area contributed by atoms with E-state index in [0.29, 0.717) is 12.0 Å². The summed E-state index contributed by atoms with van der Waals surface area (Å²) >= 11 is 0. The second-order valence-electron chi connectivity index (χ2n) is 5.64. The molecule has 2 unspecified atom stereocenters. The molecule has 0 radical (unpaired) electrons. The van der Waals surface area contributed by atoms with Gasteiger partial charge in [-0.05, 0) is 49.9 Å². The van der Waals surface area contributed by atoms with Crippen LogP contribution in [0.15, 0.2) is 0 Å². The molecule has 2 rings (SSSR count). The number of rotatable bonds is 6. The summed E-state index contributed by atoms with van der Waals surface area (Å²) in [5, 5.41) is 12.7. The quantitative estimate of drug-likeness (QED) is 0.706. The minimum atomic E-state index is 0.365.